The summed E-state index contributed by atoms with van der Waals surface area (Å²) in [5, 5.41) is 13.0. The van der Waals surface area contributed by atoms with E-state index in [1.165, 1.54) is 12.7 Å². The molecule has 1 aromatic carbocycles. The molecule has 1 heterocycles. The number of nitrogens with zero attached hydrogens (tertiary/aromatic N) is 1. The van der Waals surface area contributed by atoms with Crippen LogP contribution in [0.2, 0.25) is 0 Å². The Labute approximate surface area is 156 Å². The number of esters is 1. The van der Waals surface area contributed by atoms with Gasteiger partial charge in [-0.2, -0.15) is 0 Å². The molecule has 1 aromatic rings. The Hall–Kier alpha value is -1.63. The predicted molar refractivity (Wildman–Crippen MR) is 101 cm³/mol. The molecule has 0 atom stereocenters. The zero-order chi connectivity index (χ0) is 18.9. The lowest BCUT2D eigenvalue weighted by atomic mass is 10.1. The third-order valence-corrected chi connectivity index (χ3v) is 4.80. The van der Waals surface area contributed by atoms with E-state index in [-0.39, 0.29) is 18.7 Å². The van der Waals surface area contributed by atoms with Gasteiger partial charge in [0.15, 0.2) is 6.61 Å². The van der Waals surface area contributed by atoms with E-state index in [0.29, 0.717) is 0 Å². The number of nitrogens with one attached hydrogen (secondary N) is 1. The van der Waals surface area contributed by atoms with Crippen LogP contribution in [0.5, 0.6) is 5.75 Å². The van der Waals surface area contributed by atoms with Gasteiger partial charge in [-0.05, 0) is 62.9 Å². The number of hydrogen-bond donors (Lipinski definition) is 2. The molecule has 2 rings (SSSR count). The summed E-state index contributed by atoms with van der Waals surface area (Å²) in [6, 6.07) is 4.19. The minimum Gasteiger partial charge on any atom is -0.481 e. The first-order chi connectivity index (χ1) is 12.5. The Morgan fingerprint density at radius 1 is 1.27 bits per heavy atom. The first-order valence-corrected chi connectivity index (χ1v) is 9.40. The van der Waals surface area contributed by atoms with Gasteiger partial charge in [0.1, 0.15) is 5.75 Å². The summed E-state index contributed by atoms with van der Waals surface area (Å²) < 4.78 is 10.2. The lowest BCUT2D eigenvalue weighted by Gasteiger charge is -2.29. The first kappa shape index (κ1) is 20.7. The van der Waals surface area contributed by atoms with Gasteiger partial charge < -0.3 is 24.8 Å². The Morgan fingerprint density at radius 2 is 1.92 bits per heavy atom. The number of benzene rings is 1. The van der Waals surface area contributed by atoms with Crippen LogP contribution in [0.1, 0.15) is 36.0 Å². The van der Waals surface area contributed by atoms with Crippen LogP contribution in [0.15, 0.2) is 12.1 Å². The summed E-state index contributed by atoms with van der Waals surface area (Å²) >= 11 is 0. The van der Waals surface area contributed by atoms with Crippen molar-refractivity contribution in [1.82, 2.24) is 10.2 Å². The number of rotatable bonds is 9. The second-order valence-corrected chi connectivity index (χ2v) is 7.03. The van der Waals surface area contributed by atoms with Gasteiger partial charge in [0.25, 0.3) is 0 Å². The van der Waals surface area contributed by atoms with E-state index in [1.54, 1.807) is 0 Å². The van der Waals surface area contributed by atoms with Crippen LogP contribution in [-0.4, -0.2) is 62.0 Å². The van der Waals surface area contributed by atoms with Crippen LogP contribution >= 0.6 is 0 Å². The lowest BCUT2D eigenvalue weighted by Crippen LogP contribution is -2.37. The van der Waals surface area contributed by atoms with Crippen LogP contribution < -0.4 is 10.1 Å². The molecule has 0 radical (unpaired) electrons. The molecule has 0 amide bonds. The summed E-state index contributed by atoms with van der Waals surface area (Å²) in [6.45, 7) is 8.80. The number of aliphatic hydroxyl groups is 1. The molecule has 1 saturated heterocycles. The van der Waals surface area contributed by atoms with Crippen LogP contribution in [0.3, 0.4) is 0 Å². The second-order valence-electron chi connectivity index (χ2n) is 7.03. The minimum atomic E-state index is -0.377. The highest BCUT2D eigenvalue weighted by Gasteiger charge is 2.16. The third-order valence-electron chi connectivity index (χ3n) is 4.80. The Bertz CT molecular complexity index is 560. The molecular weight excluding hydrogens is 332 g/mol. The number of piperidine rings is 1. The van der Waals surface area contributed by atoms with Gasteiger partial charge in [-0.15, -0.1) is 0 Å². The van der Waals surface area contributed by atoms with Crippen molar-refractivity contribution < 1.29 is 19.4 Å². The fourth-order valence-corrected chi connectivity index (χ4v) is 3.36. The Balaban J connectivity index is 1.71. The number of ether oxygens (including phenoxy) is 2. The van der Waals surface area contributed by atoms with E-state index in [1.807, 2.05) is 13.8 Å². The molecule has 6 nitrogen and oxygen atoms in total. The van der Waals surface area contributed by atoms with E-state index in [0.717, 1.165) is 68.9 Å². The van der Waals surface area contributed by atoms with E-state index in [4.69, 9.17) is 4.74 Å². The molecule has 2 N–H and O–H groups in total. The molecule has 0 spiro atoms. The van der Waals surface area contributed by atoms with Crippen LogP contribution in [-0.2, 0) is 16.1 Å². The quantitative estimate of drug-likeness (QED) is 0.514. The highest BCUT2D eigenvalue weighted by Crippen LogP contribution is 2.24. The number of hydrogen-bond acceptors (Lipinski definition) is 6. The fourth-order valence-electron chi connectivity index (χ4n) is 3.36. The summed E-state index contributed by atoms with van der Waals surface area (Å²) in [5.74, 6) is 0.379. The van der Waals surface area contributed by atoms with E-state index in [9.17, 15) is 9.90 Å². The molecule has 0 bridgehead atoms. The molecule has 0 aliphatic carbocycles. The standard InChI is InChI=1S/C20H32N2O4/c1-15-11-17(12-16(2)20(15)26-14-19(24)25-3)13-21-7-4-8-22-9-5-18(23)6-10-22/h11-12,18,21,23H,4-10,13-14H2,1-3H3. The van der Waals surface area contributed by atoms with Gasteiger partial charge in [0.2, 0.25) is 0 Å². The topological polar surface area (TPSA) is 71.0 Å². The zero-order valence-corrected chi connectivity index (χ0v) is 16.2. The largest absolute Gasteiger partial charge is 0.481 e. The Morgan fingerprint density at radius 3 is 2.54 bits per heavy atom. The smallest absolute Gasteiger partial charge is 0.343 e. The molecular formula is C20H32N2O4. The lowest BCUT2D eigenvalue weighted by molar-refractivity contribution is -0.142. The Kier molecular flexibility index (Phi) is 8.35. The molecule has 6 heteroatoms. The molecule has 0 saturated carbocycles. The summed E-state index contributed by atoms with van der Waals surface area (Å²) in [7, 11) is 1.36. The van der Waals surface area contributed by atoms with Crippen molar-refractivity contribution in [3.8, 4) is 5.75 Å². The van der Waals surface area contributed by atoms with Crippen molar-refractivity contribution in [3.05, 3.63) is 28.8 Å². The molecule has 1 aliphatic rings. The van der Waals surface area contributed by atoms with Crippen molar-refractivity contribution in [2.75, 3.05) is 39.9 Å². The number of aryl methyl sites for hydroxylation is 2. The van der Waals surface area contributed by atoms with Gasteiger partial charge in [-0.25, -0.2) is 4.79 Å². The van der Waals surface area contributed by atoms with E-state index in [2.05, 4.69) is 27.1 Å². The second kappa shape index (κ2) is 10.5. The van der Waals surface area contributed by atoms with Gasteiger partial charge in [0.05, 0.1) is 13.2 Å². The average Bonchev–Trinajstić information content (AvgIpc) is 2.62. The maximum Gasteiger partial charge on any atom is 0.343 e. The highest BCUT2D eigenvalue weighted by molar-refractivity contribution is 5.71. The molecule has 0 aromatic heterocycles. The van der Waals surface area contributed by atoms with Crippen LogP contribution in [0.4, 0.5) is 0 Å². The summed E-state index contributed by atoms with van der Waals surface area (Å²) in [5.41, 5.74) is 3.27. The normalized spacial score (nSPS) is 15.8. The highest BCUT2D eigenvalue weighted by atomic mass is 16.6. The summed E-state index contributed by atoms with van der Waals surface area (Å²) in [6.07, 6.45) is 2.80. The van der Waals surface area contributed by atoms with Crippen molar-refractivity contribution in [2.45, 2.75) is 45.8 Å². The molecule has 1 fully saturated rings. The maximum atomic E-state index is 11.2. The monoisotopic (exact) mass is 364 g/mol. The minimum absolute atomic E-state index is 0.0662. The van der Waals surface area contributed by atoms with Gasteiger partial charge in [0, 0.05) is 19.6 Å². The molecule has 26 heavy (non-hydrogen) atoms. The number of aliphatic hydroxyl groups excluding tert-OH is 1. The van der Waals surface area contributed by atoms with Crippen molar-refractivity contribution in [1.29, 1.82) is 0 Å². The number of methoxy groups -OCH3 is 1. The van der Waals surface area contributed by atoms with Gasteiger partial charge >= 0.3 is 5.97 Å². The fraction of sp³-hybridized carbons (Fsp3) is 0.650. The predicted octanol–water partition coefficient (Wildman–Crippen LogP) is 1.79. The number of likely N-dealkylation sites (tertiary alicyclic amines) is 1. The van der Waals surface area contributed by atoms with Crippen molar-refractivity contribution >= 4 is 5.97 Å². The molecule has 146 valence electrons. The number of carbonyl (C=O) groups excluding carboxylic acids is 1. The zero-order valence-electron chi connectivity index (χ0n) is 16.2. The molecule has 1 aliphatic heterocycles. The summed E-state index contributed by atoms with van der Waals surface area (Å²) in [4.78, 5) is 13.7. The third kappa shape index (κ3) is 6.59. The SMILES string of the molecule is COC(=O)COc1c(C)cc(CNCCCN2CCC(O)CC2)cc1C. The van der Waals surface area contributed by atoms with Crippen LogP contribution in [0.25, 0.3) is 0 Å². The van der Waals surface area contributed by atoms with E-state index >= 15 is 0 Å². The number of carbonyl (C=O) groups is 1. The van der Waals surface area contributed by atoms with Crippen molar-refractivity contribution in [3.63, 3.8) is 0 Å². The maximum absolute atomic E-state index is 11.2. The van der Waals surface area contributed by atoms with Gasteiger partial charge in [-0.1, -0.05) is 12.1 Å². The average molecular weight is 364 g/mol. The van der Waals surface area contributed by atoms with Crippen molar-refractivity contribution in [2.24, 2.45) is 0 Å². The van der Waals surface area contributed by atoms with Crippen LogP contribution in [0, 0.1) is 13.8 Å². The first-order valence-electron chi connectivity index (χ1n) is 9.40. The molecule has 0 unspecified atom stereocenters. The van der Waals surface area contributed by atoms with Gasteiger partial charge in [-0.3, -0.25) is 0 Å². The van der Waals surface area contributed by atoms with E-state index < -0.39 is 0 Å².